The Labute approximate surface area is 241 Å². The van der Waals surface area contributed by atoms with E-state index in [9.17, 15) is 13.2 Å². The number of hydrogen-bond donors (Lipinski definition) is 0. The molecule has 0 atom stereocenters. The second-order valence-electron chi connectivity index (χ2n) is 9.70. The predicted molar refractivity (Wildman–Crippen MR) is 163 cm³/mol. The second-order valence-corrected chi connectivity index (χ2v) is 10.8. The molecule has 0 spiro atoms. The lowest BCUT2D eigenvalue weighted by molar-refractivity contribution is -0.137. The van der Waals surface area contributed by atoms with Gasteiger partial charge in [0.2, 0.25) is 0 Å². The molecule has 41 heavy (non-hydrogen) atoms. The van der Waals surface area contributed by atoms with Gasteiger partial charge in [0.25, 0.3) is 0 Å². The quantitative estimate of drug-likeness (QED) is 0.196. The third-order valence-electron chi connectivity index (χ3n) is 7.13. The van der Waals surface area contributed by atoms with Crippen molar-refractivity contribution in [1.29, 1.82) is 0 Å². The Bertz CT molecular complexity index is 1750. The Hall–Kier alpha value is -4.61. The van der Waals surface area contributed by atoms with Gasteiger partial charge in [0.1, 0.15) is 5.75 Å². The van der Waals surface area contributed by atoms with Gasteiger partial charge >= 0.3 is 6.18 Å². The van der Waals surface area contributed by atoms with Crippen LogP contribution in [0.15, 0.2) is 133 Å². The molecule has 5 aromatic carbocycles. The average Bonchev–Trinajstić information content (AvgIpc) is 3.52. The molecule has 0 aliphatic rings. The minimum Gasteiger partial charge on any atom is -0.497 e. The van der Waals surface area contributed by atoms with Crippen molar-refractivity contribution in [3.8, 4) is 60.0 Å². The molecule has 0 saturated heterocycles. The van der Waals surface area contributed by atoms with Crippen LogP contribution in [0.2, 0.25) is 0 Å². The van der Waals surface area contributed by atoms with Gasteiger partial charge in [-0.15, -0.1) is 11.3 Å². The first-order chi connectivity index (χ1) is 19.9. The third kappa shape index (κ3) is 5.81. The molecular weight excluding hydrogens is 537 g/mol. The summed E-state index contributed by atoms with van der Waals surface area (Å²) in [6.07, 6.45) is -4.33. The number of thiophene rings is 1. The minimum absolute atomic E-state index is 0.640. The van der Waals surface area contributed by atoms with Crippen molar-refractivity contribution in [3.05, 3.63) is 139 Å². The summed E-state index contributed by atoms with van der Waals surface area (Å²) in [7, 11) is 1.67. The van der Waals surface area contributed by atoms with Crippen molar-refractivity contribution in [2.24, 2.45) is 0 Å². The average molecular weight is 563 g/mol. The topological polar surface area (TPSA) is 9.23 Å². The zero-order valence-corrected chi connectivity index (χ0v) is 23.0. The van der Waals surface area contributed by atoms with E-state index in [1.54, 1.807) is 18.4 Å². The molecule has 0 bridgehead atoms. The van der Waals surface area contributed by atoms with E-state index >= 15 is 0 Å². The molecule has 202 valence electrons. The lowest BCUT2D eigenvalue weighted by Gasteiger charge is -2.09. The summed E-state index contributed by atoms with van der Waals surface area (Å²) in [5, 5.41) is 0. The van der Waals surface area contributed by atoms with Crippen LogP contribution in [0.3, 0.4) is 0 Å². The number of methoxy groups -OCH3 is 1. The van der Waals surface area contributed by atoms with E-state index in [1.165, 1.54) is 27.5 Å². The normalized spacial score (nSPS) is 11.4. The number of hydrogen-bond acceptors (Lipinski definition) is 2. The maximum atomic E-state index is 12.9. The van der Waals surface area contributed by atoms with Crippen molar-refractivity contribution in [3.63, 3.8) is 0 Å². The SMILES string of the molecule is COc1ccc(-c2ccc(-c3ccc(-c4ccc(-c5ccc(-c6ccc(C(F)(F)F)cc6)cc5)cc4)s3)cc2)cc1. The Morgan fingerprint density at radius 1 is 0.415 bits per heavy atom. The Balaban J connectivity index is 1.14. The molecule has 0 amide bonds. The molecule has 1 heterocycles. The van der Waals surface area contributed by atoms with Gasteiger partial charge in [0.05, 0.1) is 12.7 Å². The van der Waals surface area contributed by atoms with Crippen molar-refractivity contribution in [1.82, 2.24) is 0 Å². The van der Waals surface area contributed by atoms with E-state index in [4.69, 9.17) is 4.74 Å². The molecule has 1 nitrogen and oxygen atoms in total. The molecule has 0 unspecified atom stereocenters. The molecule has 0 fully saturated rings. The maximum Gasteiger partial charge on any atom is 0.416 e. The van der Waals surface area contributed by atoms with Crippen LogP contribution in [-0.4, -0.2) is 7.11 Å². The van der Waals surface area contributed by atoms with Crippen LogP contribution < -0.4 is 4.74 Å². The van der Waals surface area contributed by atoms with Crippen molar-refractivity contribution in [2.75, 3.05) is 7.11 Å². The van der Waals surface area contributed by atoms with Crippen LogP contribution in [0.25, 0.3) is 54.3 Å². The lowest BCUT2D eigenvalue weighted by atomic mass is 9.99. The fourth-order valence-electron chi connectivity index (χ4n) is 4.79. The molecular formula is C36H25F3OS. The predicted octanol–water partition coefficient (Wildman–Crippen LogP) is 11.1. The van der Waals surface area contributed by atoms with Crippen LogP contribution in [0.5, 0.6) is 5.75 Å². The summed E-state index contributed by atoms with van der Waals surface area (Å²) in [5.74, 6) is 0.846. The van der Waals surface area contributed by atoms with E-state index in [2.05, 4.69) is 72.8 Å². The molecule has 6 aromatic rings. The Morgan fingerprint density at radius 3 is 1.02 bits per heavy atom. The zero-order valence-electron chi connectivity index (χ0n) is 22.2. The van der Waals surface area contributed by atoms with E-state index in [-0.39, 0.29) is 0 Å². The van der Waals surface area contributed by atoms with Crippen LogP contribution in [-0.2, 0) is 6.18 Å². The summed E-state index contributed by atoms with van der Waals surface area (Å²) >= 11 is 1.76. The first kappa shape index (κ1) is 26.6. The molecule has 0 aliphatic heterocycles. The molecule has 0 radical (unpaired) electrons. The highest BCUT2D eigenvalue weighted by atomic mass is 32.1. The van der Waals surface area contributed by atoms with Gasteiger partial charge in [-0.3, -0.25) is 0 Å². The summed E-state index contributed by atoms with van der Waals surface area (Å²) in [4.78, 5) is 2.41. The van der Waals surface area contributed by atoms with E-state index in [1.807, 2.05) is 36.4 Å². The second kappa shape index (κ2) is 11.1. The molecule has 0 N–H and O–H groups in total. The summed E-state index contributed by atoms with van der Waals surface area (Å²) < 4.78 is 43.8. The minimum atomic E-state index is -4.33. The van der Waals surface area contributed by atoms with Gasteiger partial charge < -0.3 is 4.74 Å². The summed E-state index contributed by atoms with van der Waals surface area (Å²) in [6.45, 7) is 0. The number of alkyl halides is 3. The highest BCUT2D eigenvalue weighted by molar-refractivity contribution is 7.18. The first-order valence-electron chi connectivity index (χ1n) is 13.1. The molecule has 6 rings (SSSR count). The van der Waals surface area contributed by atoms with E-state index < -0.39 is 11.7 Å². The Kier molecular flexibility index (Phi) is 7.21. The van der Waals surface area contributed by atoms with E-state index in [0.717, 1.165) is 56.8 Å². The lowest BCUT2D eigenvalue weighted by Crippen LogP contribution is -2.03. The summed E-state index contributed by atoms with van der Waals surface area (Å²) in [6, 6.07) is 42.6. The van der Waals surface area contributed by atoms with Crippen LogP contribution in [0.1, 0.15) is 5.56 Å². The highest BCUT2D eigenvalue weighted by Gasteiger charge is 2.29. The van der Waals surface area contributed by atoms with E-state index in [0.29, 0.717) is 0 Å². The molecule has 0 aliphatic carbocycles. The molecule has 1 aromatic heterocycles. The van der Waals surface area contributed by atoms with Crippen LogP contribution in [0, 0.1) is 0 Å². The third-order valence-corrected chi connectivity index (χ3v) is 8.32. The largest absolute Gasteiger partial charge is 0.497 e. The van der Waals surface area contributed by atoms with Crippen LogP contribution in [0.4, 0.5) is 13.2 Å². The van der Waals surface area contributed by atoms with Gasteiger partial charge in [-0.25, -0.2) is 0 Å². The van der Waals surface area contributed by atoms with Crippen molar-refractivity contribution >= 4 is 11.3 Å². The van der Waals surface area contributed by atoms with Crippen molar-refractivity contribution < 1.29 is 17.9 Å². The number of rotatable bonds is 6. The zero-order chi connectivity index (χ0) is 28.4. The molecule has 5 heteroatoms. The highest BCUT2D eigenvalue weighted by Crippen LogP contribution is 2.37. The standard InChI is InChI=1S/C36H25F3OS/c1-40-33-20-16-29(17-21-33)27-8-12-31(13-9-27)35-23-22-34(41-35)30-10-6-26(7-11-30)24-2-4-25(5-3-24)28-14-18-32(19-15-28)36(37,38)39/h2-23H,1H3. The smallest absolute Gasteiger partial charge is 0.416 e. The van der Waals surface area contributed by atoms with Gasteiger partial charge in [-0.2, -0.15) is 13.2 Å². The maximum absolute atomic E-state index is 12.9. The monoisotopic (exact) mass is 562 g/mol. The Morgan fingerprint density at radius 2 is 0.707 bits per heavy atom. The molecule has 0 saturated carbocycles. The number of halogens is 3. The number of benzene rings is 5. The van der Waals surface area contributed by atoms with Crippen LogP contribution >= 0.6 is 11.3 Å². The van der Waals surface area contributed by atoms with Gasteiger partial charge in [0, 0.05) is 9.75 Å². The van der Waals surface area contributed by atoms with Gasteiger partial charge in [-0.1, -0.05) is 97.1 Å². The van der Waals surface area contributed by atoms with Gasteiger partial charge in [-0.05, 0) is 80.9 Å². The van der Waals surface area contributed by atoms with Crippen molar-refractivity contribution in [2.45, 2.75) is 6.18 Å². The number of ether oxygens (including phenoxy) is 1. The fourth-order valence-corrected chi connectivity index (χ4v) is 5.81. The fraction of sp³-hybridized carbons (Fsp3) is 0.0556. The van der Waals surface area contributed by atoms with Gasteiger partial charge in [0.15, 0.2) is 0 Å². The summed E-state index contributed by atoms with van der Waals surface area (Å²) in [5.41, 5.74) is 7.78. The first-order valence-corrected chi connectivity index (χ1v) is 13.9.